The van der Waals surface area contributed by atoms with Gasteiger partial charge in [0.2, 0.25) is 0 Å². The molecular weight excluding hydrogens is 360 g/mol. The average molecular weight is 368 g/mol. The predicted octanol–water partition coefficient (Wildman–Crippen LogP) is -7.03. The van der Waals surface area contributed by atoms with Gasteiger partial charge >= 0.3 is 52.9 Å². The van der Waals surface area contributed by atoms with Crippen molar-refractivity contribution >= 4 is 0 Å². The molecule has 0 bridgehead atoms. The normalized spacial score (nSPS) is 11.5. The maximum absolute atomic E-state index is 2.32. The maximum atomic E-state index is 2.32. The van der Waals surface area contributed by atoms with Crippen LogP contribution in [0.4, 0.5) is 0 Å². The third kappa shape index (κ3) is 6.35. The molecule has 0 aromatic rings. The Kier molecular flexibility index (Phi) is 18.8. The van der Waals surface area contributed by atoms with Crippen LogP contribution in [-0.4, -0.2) is 0 Å². The van der Waals surface area contributed by atoms with Crippen LogP contribution in [-0.2, 0) is 19.2 Å². The van der Waals surface area contributed by atoms with E-state index in [0.29, 0.717) is 19.2 Å². The summed E-state index contributed by atoms with van der Waals surface area (Å²) in [5, 5.41) is 2.32. The van der Waals surface area contributed by atoms with Crippen molar-refractivity contribution in [3.63, 3.8) is 0 Å². The summed E-state index contributed by atoms with van der Waals surface area (Å²) in [7, 11) is 0. The quantitative estimate of drug-likeness (QED) is 0.404. The van der Waals surface area contributed by atoms with Crippen LogP contribution < -0.4 is 50.9 Å². The molecule has 0 aliphatic heterocycles. The van der Waals surface area contributed by atoms with Gasteiger partial charge < -0.3 is 50.9 Å². The second-order valence-electron chi connectivity index (χ2n) is 1.57. The molecule has 0 saturated carbocycles. The number of rotatable bonds is 1. The Bertz CT molecular complexity index is 120. The first-order chi connectivity index (χ1) is 3.43. The van der Waals surface area contributed by atoms with Gasteiger partial charge in [0.15, 0.2) is 0 Å². The molecule has 0 atom stereocenters. The summed E-state index contributed by atoms with van der Waals surface area (Å²) in [5.41, 5.74) is 0. The van der Waals surface area contributed by atoms with E-state index in [0.717, 1.165) is 0 Å². The number of hydrogen-bond acceptors (Lipinski definition) is 0. The van der Waals surface area contributed by atoms with Crippen LogP contribution in [0.3, 0.4) is 0 Å². The molecule has 0 spiro atoms. The number of halogens is 3. The van der Waals surface area contributed by atoms with Gasteiger partial charge in [-0.15, -0.1) is 0 Å². The monoisotopic (exact) mass is 365 g/mol. The van der Waals surface area contributed by atoms with E-state index in [1.54, 1.807) is 3.88 Å². The van der Waals surface area contributed by atoms with Crippen molar-refractivity contribution in [2.75, 3.05) is 0 Å². The summed E-state index contributed by atoms with van der Waals surface area (Å²) in [5.74, 6) is 0. The van der Waals surface area contributed by atoms with Crippen molar-refractivity contribution in [2.45, 2.75) is 11.6 Å². The minimum absolute atomic E-state index is 0. The van der Waals surface area contributed by atoms with E-state index in [1.807, 2.05) is 0 Å². The zero-order valence-electron chi connectivity index (χ0n) is 5.57. The zero-order chi connectivity index (χ0) is 5.11. The Morgan fingerprint density at radius 2 is 1.90 bits per heavy atom. The van der Waals surface area contributed by atoms with E-state index >= 15 is 0 Å². The van der Waals surface area contributed by atoms with Gasteiger partial charge in [0.05, 0.1) is 0 Å². The third-order valence-corrected chi connectivity index (χ3v) is 2.67. The summed E-state index contributed by atoms with van der Waals surface area (Å²) in [4.78, 5) is 0. The van der Waals surface area contributed by atoms with Crippen LogP contribution >= 0.6 is 0 Å². The van der Waals surface area contributed by atoms with Crippen LogP contribution in [0.2, 0.25) is 5.23 Å². The predicted molar refractivity (Wildman–Crippen MR) is 27.7 cm³/mol. The van der Waals surface area contributed by atoms with Gasteiger partial charge in [-0.3, -0.25) is 0 Å². The Labute approximate surface area is 103 Å². The van der Waals surface area contributed by atoms with Crippen molar-refractivity contribution in [1.82, 2.24) is 0 Å². The summed E-state index contributed by atoms with van der Waals surface area (Å²) in [6.07, 6.45) is 7.88. The van der Waals surface area contributed by atoms with E-state index < -0.39 is 0 Å². The van der Waals surface area contributed by atoms with Gasteiger partial charge in [0, 0.05) is 0 Å². The van der Waals surface area contributed by atoms with Gasteiger partial charge in [-0.05, 0) is 0 Å². The van der Waals surface area contributed by atoms with Crippen molar-refractivity contribution in [1.29, 1.82) is 0 Å². The molecule has 0 aromatic carbocycles. The van der Waals surface area contributed by atoms with Gasteiger partial charge in [-0.2, -0.15) is 0 Å². The molecule has 0 heterocycles. The van der Waals surface area contributed by atoms with Gasteiger partial charge in [0.1, 0.15) is 0 Å². The molecule has 0 aromatic heterocycles. The Morgan fingerprint density at radius 3 is 2.10 bits per heavy atom. The average Bonchev–Trinajstić information content (AvgIpc) is 2.14. The topological polar surface area (TPSA) is 0 Å². The molecule has 1 aliphatic rings. The summed E-state index contributed by atoms with van der Waals surface area (Å²) in [6, 6.07) is 0. The van der Waals surface area contributed by atoms with Crippen molar-refractivity contribution in [3.8, 4) is 0 Å². The van der Waals surface area contributed by atoms with Gasteiger partial charge in [-0.1, -0.05) is 0 Å². The van der Waals surface area contributed by atoms with Gasteiger partial charge in [-0.25, -0.2) is 0 Å². The van der Waals surface area contributed by atoms with E-state index in [2.05, 4.69) is 23.5 Å². The van der Waals surface area contributed by atoms with Crippen LogP contribution in [0.5, 0.6) is 0 Å². The molecule has 0 radical (unpaired) electrons. The van der Waals surface area contributed by atoms with Crippen LogP contribution in [0.15, 0.2) is 22.1 Å². The van der Waals surface area contributed by atoms with Crippen molar-refractivity contribution in [2.24, 2.45) is 0 Å². The second kappa shape index (κ2) is 10.6. The first-order valence-electron chi connectivity index (χ1n) is 2.47. The molecule has 0 fully saturated rings. The fraction of sp³-hybridized carbons (Fsp3) is 0.333. The molecule has 10 heavy (non-hydrogen) atoms. The summed E-state index contributed by atoms with van der Waals surface area (Å²) < 4.78 is 1.68. The van der Waals surface area contributed by atoms with Crippen molar-refractivity contribution in [3.05, 3.63) is 22.1 Å². The molecule has 0 unspecified atom stereocenters. The Balaban J connectivity index is -0.000000163. The summed E-state index contributed by atoms with van der Waals surface area (Å²) >= 11 is 0.292. The minimum atomic E-state index is 0. The third-order valence-electron chi connectivity index (χ3n) is 1.09. The molecule has 57 valence electrons. The van der Waals surface area contributed by atoms with E-state index in [-0.39, 0.29) is 50.9 Å². The fourth-order valence-electron chi connectivity index (χ4n) is 0.633. The van der Waals surface area contributed by atoms with E-state index in [4.69, 9.17) is 0 Å². The van der Waals surface area contributed by atoms with Crippen molar-refractivity contribution < 1.29 is 70.1 Å². The molecule has 1 rings (SSSR count). The zero-order valence-corrected chi connectivity index (χ0v) is 11.9. The standard InChI is InChI=1S/C5H5.CH3.3BrH.Ti/c1-2-4-5-3-1;;;;;/h1-3H,4H2;1H3;3*1H;/q;;;;;+3/p-3. The van der Waals surface area contributed by atoms with Crippen LogP contribution in [0.25, 0.3) is 0 Å². The van der Waals surface area contributed by atoms with Crippen LogP contribution in [0, 0.1) is 0 Å². The number of hydrogen-bond donors (Lipinski definition) is 0. The molecule has 1 aliphatic carbocycles. The van der Waals surface area contributed by atoms with Crippen LogP contribution in [0.1, 0.15) is 6.42 Å². The first kappa shape index (κ1) is 17.6. The SMILES string of the molecule is [Br-].[Br-].[Br-].[CH3][Ti+3][C]1=CC=CC1. The number of allylic oxidation sites excluding steroid dienone is 4. The first-order valence-corrected chi connectivity index (χ1v) is 4.81. The molecule has 4 heteroatoms. The van der Waals surface area contributed by atoms with E-state index in [1.165, 1.54) is 6.42 Å². The molecule has 0 amide bonds. The molecule has 0 N–H and O–H groups in total. The second-order valence-corrected chi connectivity index (χ2v) is 3.36. The Morgan fingerprint density at radius 1 is 1.30 bits per heavy atom. The fourth-order valence-corrected chi connectivity index (χ4v) is 1.55. The van der Waals surface area contributed by atoms with Gasteiger partial charge in [0.25, 0.3) is 0 Å². The van der Waals surface area contributed by atoms with E-state index in [9.17, 15) is 0 Å². The Hall–Kier alpha value is 1.63. The molecular formula is C6H8Br3Ti. The summed E-state index contributed by atoms with van der Waals surface area (Å²) in [6.45, 7) is 0. The molecule has 0 saturated heterocycles. The molecule has 0 nitrogen and oxygen atoms in total.